The summed E-state index contributed by atoms with van der Waals surface area (Å²) in [6.45, 7) is 6.47. The molecule has 1 amide bonds. The molecule has 19 heavy (non-hydrogen) atoms. The number of aryl methyl sites for hydroxylation is 1. The number of carbonyl (C=O) groups excluding carboxylic acids is 1. The maximum atomic E-state index is 11.8. The number of anilines is 1. The molecule has 5 heteroatoms. The molecule has 106 valence electrons. The van der Waals surface area contributed by atoms with Crippen molar-refractivity contribution in [2.24, 2.45) is 0 Å². The number of rotatable bonds is 6. The lowest BCUT2D eigenvalue weighted by molar-refractivity contribution is -0.121. The number of carbonyl (C=O) groups is 1. The predicted molar refractivity (Wildman–Crippen MR) is 82.2 cm³/mol. The first-order valence-corrected chi connectivity index (χ1v) is 7.21. The molecule has 0 aliphatic carbocycles. The average Bonchev–Trinajstić information content (AvgIpc) is 2.36. The molecule has 0 spiro atoms. The van der Waals surface area contributed by atoms with Crippen LogP contribution < -0.4 is 10.6 Å². The fourth-order valence-electron chi connectivity index (χ4n) is 1.60. The highest BCUT2D eigenvalue weighted by Crippen LogP contribution is 2.29. The van der Waals surface area contributed by atoms with Gasteiger partial charge >= 0.3 is 0 Å². The summed E-state index contributed by atoms with van der Waals surface area (Å²) in [6, 6.07) is 3.18. The van der Waals surface area contributed by atoms with E-state index < -0.39 is 0 Å². The molecule has 0 aromatic heterocycles. The van der Waals surface area contributed by atoms with Crippen molar-refractivity contribution >= 4 is 34.8 Å². The lowest BCUT2D eigenvalue weighted by Gasteiger charge is -2.17. The zero-order chi connectivity index (χ0) is 14.4. The van der Waals surface area contributed by atoms with Crippen LogP contribution in [0.3, 0.4) is 0 Å². The average molecular weight is 303 g/mol. The van der Waals surface area contributed by atoms with Gasteiger partial charge in [0.2, 0.25) is 5.91 Å². The summed E-state index contributed by atoms with van der Waals surface area (Å²) in [6.07, 6.45) is 2.04. The molecule has 0 aliphatic rings. The number of hydrogen-bond donors (Lipinski definition) is 2. The molecule has 2 N–H and O–H groups in total. The molecule has 3 nitrogen and oxygen atoms in total. The van der Waals surface area contributed by atoms with E-state index in [1.165, 1.54) is 0 Å². The highest BCUT2D eigenvalue weighted by Gasteiger charge is 2.14. The molecule has 0 aliphatic heterocycles. The van der Waals surface area contributed by atoms with Crippen LogP contribution in [0.15, 0.2) is 12.1 Å². The van der Waals surface area contributed by atoms with E-state index in [1.807, 2.05) is 6.92 Å². The summed E-state index contributed by atoms with van der Waals surface area (Å²) in [5, 5.41) is 7.14. The molecular formula is C14H20Cl2N2O. The third kappa shape index (κ3) is 4.92. The highest BCUT2D eigenvalue weighted by molar-refractivity contribution is 6.35. The van der Waals surface area contributed by atoms with Crippen molar-refractivity contribution in [2.75, 3.05) is 11.9 Å². The fraction of sp³-hybridized carbons (Fsp3) is 0.500. The van der Waals surface area contributed by atoms with Crippen LogP contribution in [-0.2, 0) is 4.79 Å². The smallest absolute Gasteiger partial charge is 0.242 e. The van der Waals surface area contributed by atoms with Gasteiger partial charge in [-0.2, -0.15) is 0 Å². The van der Waals surface area contributed by atoms with E-state index >= 15 is 0 Å². The number of halogens is 2. The van der Waals surface area contributed by atoms with Crippen molar-refractivity contribution in [2.45, 2.75) is 39.7 Å². The van der Waals surface area contributed by atoms with Gasteiger partial charge in [0.05, 0.1) is 10.7 Å². The first-order chi connectivity index (χ1) is 8.95. The molecule has 0 saturated heterocycles. The van der Waals surface area contributed by atoms with E-state index in [0.29, 0.717) is 22.3 Å². The topological polar surface area (TPSA) is 41.1 Å². The molecule has 0 heterocycles. The zero-order valence-corrected chi connectivity index (χ0v) is 13.0. The molecule has 1 rings (SSSR count). The van der Waals surface area contributed by atoms with Crippen LogP contribution in [0.5, 0.6) is 0 Å². The lowest BCUT2D eigenvalue weighted by atomic mass is 10.2. The third-order valence-electron chi connectivity index (χ3n) is 2.84. The summed E-state index contributed by atoms with van der Waals surface area (Å²) >= 11 is 12.2. The van der Waals surface area contributed by atoms with Crippen molar-refractivity contribution in [1.29, 1.82) is 0 Å². The van der Waals surface area contributed by atoms with Crippen LogP contribution in [-0.4, -0.2) is 18.5 Å². The van der Waals surface area contributed by atoms with Crippen LogP contribution in [0.25, 0.3) is 0 Å². The monoisotopic (exact) mass is 302 g/mol. The summed E-state index contributed by atoms with van der Waals surface area (Å²) in [5.74, 6) is -0.0405. The Bertz CT molecular complexity index is 449. The molecule has 1 atom stereocenters. The first-order valence-electron chi connectivity index (χ1n) is 6.45. The summed E-state index contributed by atoms with van der Waals surface area (Å²) in [4.78, 5) is 11.8. The minimum Gasteiger partial charge on any atom is -0.373 e. The van der Waals surface area contributed by atoms with E-state index in [0.717, 1.165) is 18.4 Å². The molecule has 0 saturated carbocycles. The SMILES string of the molecule is CCCCNC(=O)C(C)Nc1cc(Cl)c(C)cc1Cl. The fourth-order valence-corrected chi connectivity index (χ4v) is 2.03. The van der Waals surface area contributed by atoms with Crippen LogP contribution in [0.4, 0.5) is 5.69 Å². The second kappa shape index (κ2) is 7.61. The van der Waals surface area contributed by atoms with Gasteiger partial charge < -0.3 is 10.6 Å². The maximum Gasteiger partial charge on any atom is 0.242 e. The van der Waals surface area contributed by atoms with Crippen LogP contribution in [0, 0.1) is 6.92 Å². The van der Waals surface area contributed by atoms with E-state index in [4.69, 9.17) is 23.2 Å². The minimum absolute atomic E-state index is 0.0405. The quantitative estimate of drug-likeness (QED) is 0.779. The van der Waals surface area contributed by atoms with Crippen LogP contribution in [0.1, 0.15) is 32.3 Å². The van der Waals surface area contributed by atoms with Gasteiger partial charge in [0.15, 0.2) is 0 Å². The van der Waals surface area contributed by atoms with Crippen molar-refractivity contribution in [3.05, 3.63) is 27.7 Å². The molecule has 1 unspecified atom stereocenters. The Hall–Kier alpha value is -0.930. The van der Waals surface area contributed by atoms with Gasteiger partial charge in [-0.3, -0.25) is 4.79 Å². The van der Waals surface area contributed by atoms with Gasteiger partial charge in [0, 0.05) is 11.6 Å². The lowest BCUT2D eigenvalue weighted by Crippen LogP contribution is -2.38. The Kier molecular flexibility index (Phi) is 6.46. The van der Waals surface area contributed by atoms with Crippen LogP contribution >= 0.6 is 23.2 Å². The van der Waals surface area contributed by atoms with E-state index in [-0.39, 0.29) is 11.9 Å². The number of hydrogen-bond acceptors (Lipinski definition) is 2. The van der Waals surface area contributed by atoms with Gasteiger partial charge in [0.1, 0.15) is 6.04 Å². The second-order valence-corrected chi connectivity index (χ2v) is 5.41. The van der Waals surface area contributed by atoms with E-state index in [9.17, 15) is 4.79 Å². The van der Waals surface area contributed by atoms with Gasteiger partial charge in [0.25, 0.3) is 0 Å². The Balaban J connectivity index is 2.63. The minimum atomic E-state index is -0.354. The summed E-state index contributed by atoms with van der Waals surface area (Å²) in [5.41, 5.74) is 1.59. The molecule has 0 bridgehead atoms. The molecule has 1 aromatic rings. The molecule has 0 fully saturated rings. The molecule has 0 radical (unpaired) electrons. The van der Waals surface area contributed by atoms with Crippen molar-refractivity contribution in [3.63, 3.8) is 0 Å². The Morgan fingerprint density at radius 3 is 2.63 bits per heavy atom. The summed E-state index contributed by atoms with van der Waals surface area (Å²) < 4.78 is 0. The molecular weight excluding hydrogens is 283 g/mol. The van der Waals surface area contributed by atoms with E-state index in [2.05, 4.69) is 17.6 Å². The van der Waals surface area contributed by atoms with Crippen molar-refractivity contribution in [3.8, 4) is 0 Å². The third-order valence-corrected chi connectivity index (χ3v) is 3.56. The maximum absolute atomic E-state index is 11.8. The largest absolute Gasteiger partial charge is 0.373 e. The van der Waals surface area contributed by atoms with Gasteiger partial charge in [-0.1, -0.05) is 36.5 Å². The number of amides is 1. The Morgan fingerprint density at radius 2 is 2.00 bits per heavy atom. The van der Waals surface area contributed by atoms with Gasteiger partial charge in [-0.15, -0.1) is 0 Å². The highest BCUT2D eigenvalue weighted by atomic mass is 35.5. The van der Waals surface area contributed by atoms with Crippen molar-refractivity contribution < 1.29 is 4.79 Å². The zero-order valence-electron chi connectivity index (χ0n) is 11.5. The molecule has 1 aromatic carbocycles. The normalized spacial score (nSPS) is 12.1. The summed E-state index contributed by atoms with van der Waals surface area (Å²) in [7, 11) is 0. The standard InChI is InChI=1S/C14H20Cl2N2O/c1-4-5-6-17-14(19)10(3)18-13-8-11(15)9(2)7-12(13)16/h7-8,10,18H,4-6H2,1-3H3,(H,17,19). The number of benzene rings is 1. The second-order valence-electron chi connectivity index (χ2n) is 4.59. The Morgan fingerprint density at radius 1 is 1.32 bits per heavy atom. The van der Waals surface area contributed by atoms with E-state index in [1.54, 1.807) is 19.1 Å². The first kappa shape index (κ1) is 16.1. The van der Waals surface area contributed by atoms with Gasteiger partial charge in [-0.05, 0) is 38.0 Å². The number of nitrogens with one attached hydrogen (secondary N) is 2. The van der Waals surface area contributed by atoms with Gasteiger partial charge in [-0.25, -0.2) is 0 Å². The van der Waals surface area contributed by atoms with Crippen molar-refractivity contribution in [1.82, 2.24) is 5.32 Å². The predicted octanol–water partition coefficient (Wildman–Crippen LogP) is 4.02. The number of unbranched alkanes of at least 4 members (excludes halogenated alkanes) is 1. The van der Waals surface area contributed by atoms with Crippen LogP contribution in [0.2, 0.25) is 10.0 Å². The Labute approximate surface area is 124 Å².